The predicted molar refractivity (Wildman–Crippen MR) is 104 cm³/mol. The van der Waals surface area contributed by atoms with Crippen molar-refractivity contribution in [3.8, 4) is 0 Å². The van der Waals surface area contributed by atoms with Crippen molar-refractivity contribution in [1.29, 1.82) is 0 Å². The number of benzene rings is 1. The van der Waals surface area contributed by atoms with Crippen molar-refractivity contribution < 1.29 is 0 Å². The van der Waals surface area contributed by atoms with Crippen molar-refractivity contribution in [2.75, 3.05) is 31.5 Å². The minimum absolute atomic E-state index is 0.728. The van der Waals surface area contributed by atoms with E-state index in [1.807, 2.05) is 44.3 Å². The highest BCUT2D eigenvalue weighted by molar-refractivity contribution is 6.31. The van der Waals surface area contributed by atoms with Gasteiger partial charge in [-0.1, -0.05) is 39.3 Å². The van der Waals surface area contributed by atoms with Gasteiger partial charge in [0.15, 0.2) is 0 Å². The summed E-state index contributed by atoms with van der Waals surface area (Å²) < 4.78 is 0. The van der Waals surface area contributed by atoms with Crippen LogP contribution in [-0.2, 0) is 0 Å². The standard InChI is InChI=1S/C17H24ClN3.C2H6/c1-3-21(4-2)12-6-5-10-19-16-9-11-20-17-13-14(18)7-8-15(16)17;1-2/h7-9,11,13H,3-6,10,12H2,1-2H3,(H,19,20);1-2H3. The fraction of sp³-hybridized carbons (Fsp3) is 0.526. The van der Waals surface area contributed by atoms with Crippen LogP contribution in [-0.4, -0.2) is 36.1 Å². The summed E-state index contributed by atoms with van der Waals surface area (Å²) in [5.74, 6) is 0. The molecule has 0 aliphatic heterocycles. The van der Waals surface area contributed by atoms with Gasteiger partial charge in [0.25, 0.3) is 0 Å². The maximum atomic E-state index is 6.01. The molecule has 0 fully saturated rings. The summed E-state index contributed by atoms with van der Waals surface area (Å²) in [4.78, 5) is 6.82. The molecule has 0 atom stereocenters. The van der Waals surface area contributed by atoms with E-state index >= 15 is 0 Å². The summed E-state index contributed by atoms with van der Waals surface area (Å²) in [7, 11) is 0. The van der Waals surface area contributed by atoms with Crippen molar-refractivity contribution in [3.63, 3.8) is 0 Å². The normalized spacial score (nSPS) is 10.5. The Morgan fingerprint density at radius 3 is 2.52 bits per heavy atom. The van der Waals surface area contributed by atoms with Crippen molar-refractivity contribution in [3.05, 3.63) is 35.5 Å². The highest BCUT2D eigenvalue weighted by Gasteiger charge is 2.02. The van der Waals surface area contributed by atoms with Gasteiger partial charge in [-0.25, -0.2) is 0 Å². The Labute approximate surface area is 146 Å². The zero-order chi connectivity index (χ0) is 17.1. The quantitative estimate of drug-likeness (QED) is 0.650. The molecule has 0 unspecified atom stereocenters. The molecular formula is C19H30ClN3. The number of pyridine rings is 1. The van der Waals surface area contributed by atoms with Crippen LogP contribution in [0.2, 0.25) is 5.02 Å². The van der Waals surface area contributed by atoms with Crippen LogP contribution in [0.5, 0.6) is 0 Å². The topological polar surface area (TPSA) is 28.2 Å². The molecule has 23 heavy (non-hydrogen) atoms. The van der Waals surface area contributed by atoms with Crippen molar-refractivity contribution >= 4 is 28.2 Å². The lowest BCUT2D eigenvalue weighted by Crippen LogP contribution is -2.24. The smallest absolute Gasteiger partial charge is 0.0737 e. The molecule has 2 aromatic rings. The van der Waals surface area contributed by atoms with Crippen molar-refractivity contribution in [2.45, 2.75) is 40.5 Å². The first-order valence-corrected chi connectivity index (χ1v) is 9.13. The van der Waals surface area contributed by atoms with E-state index in [0.29, 0.717) is 0 Å². The number of fused-ring (bicyclic) bond motifs is 1. The molecule has 128 valence electrons. The maximum absolute atomic E-state index is 6.01. The van der Waals surface area contributed by atoms with Gasteiger partial charge in [-0.05, 0) is 56.7 Å². The molecule has 2 rings (SSSR count). The monoisotopic (exact) mass is 335 g/mol. The Bertz CT molecular complexity index is 568. The molecule has 1 heterocycles. The SMILES string of the molecule is CC.CCN(CC)CCCCNc1ccnc2cc(Cl)ccc12. The van der Waals surface area contributed by atoms with Gasteiger partial charge in [0, 0.05) is 28.8 Å². The van der Waals surface area contributed by atoms with E-state index in [9.17, 15) is 0 Å². The van der Waals surface area contributed by atoms with Crippen LogP contribution in [0.4, 0.5) is 5.69 Å². The van der Waals surface area contributed by atoms with E-state index in [0.717, 1.165) is 41.2 Å². The molecule has 4 heteroatoms. The van der Waals surface area contributed by atoms with Crippen LogP contribution in [0.15, 0.2) is 30.5 Å². The number of hydrogen-bond donors (Lipinski definition) is 1. The molecule has 1 aromatic heterocycles. The number of nitrogens with one attached hydrogen (secondary N) is 1. The molecule has 0 saturated carbocycles. The second kappa shape index (κ2) is 11.3. The molecule has 0 bridgehead atoms. The molecule has 0 aliphatic carbocycles. The lowest BCUT2D eigenvalue weighted by Gasteiger charge is -2.17. The predicted octanol–water partition coefficient (Wildman–Crippen LogP) is 5.45. The van der Waals surface area contributed by atoms with Crippen LogP contribution in [0, 0.1) is 0 Å². The Hall–Kier alpha value is -1.32. The van der Waals surface area contributed by atoms with Crippen LogP contribution >= 0.6 is 11.6 Å². The Balaban J connectivity index is 0.00000127. The summed E-state index contributed by atoms with van der Waals surface area (Å²) in [5.41, 5.74) is 2.08. The number of unbranched alkanes of at least 4 members (excludes halogenated alkanes) is 1. The number of anilines is 1. The number of hydrogen-bond acceptors (Lipinski definition) is 3. The summed E-state index contributed by atoms with van der Waals surface area (Å²) in [6, 6.07) is 7.88. The molecule has 0 radical (unpaired) electrons. The minimum atomic E-state index is 0.728. The Morgan fingerprint density at radius 1 is 1.09 bits per heavy atom. The highest BCUT2D eigenvalue weighted by Crippen LogP contribution is 2.24. The third-order valence-corrected chi connectivity index (χ3v) is 4.05. The molecule has 1 aromatic carbocycles. The second-order valence-electron chi connectivity index (χ2n) is 5.18. The van der Waals surface area contributed by atoms with E-state index < -0.39 is 0 Å². The van der Waals surface area contributed by atoms with E-state index in [1.54, 1.807) is 0 Å². The minimum Gasteiger partial charge on any atom is -0.384 e. The number of rotatable bonds is 8. The molecular weight excluding hydrogens is 306 g/mol. The van der Waals surface area contributed by atoms with Gasteiger partial charge >= 0.3 is 0 Å². The largest absolute Gasteiger partial charge is 0.384 e. The van der Waals surface area contributed by atoms with Crippen LogP contribution < -0.4 is 5.32 Å². The lowest BCUT2D eigenvalue weighted by molar-refractivity contribution is 0.298. The number of aromatic nitrogens is 1. The fourth-order valence-electron chi connectivity index (χ4n) is 2.50. The van der Waals surface area contributed by atoms with E-state index in [4.69, 9.17) is 11.6 Å². The number of nitrogens with zero attached hydrogens (tertiary/aromatic N) is 2. The van der Waals surface area contributed by atoms with Gasteiger partial charge < -0.3 is 10.2 Å². The molecule has 3 nitrogen and oxygen atoms in total. The van der Waals surface area contributed by atoms with Gasteiger partial charge in [-0.3, -0.25) is 4.98 Å². The van der Waals surface area contributed by atoms with Gasteiger partial charge in [-0.15, -0.1) is 0 Å². The molecule has 0 amide bonds. The molecule has 1 N–H and O–H groups in total. The maximum Gasteiger partial charge on any atom is 0.0737 e. The van der Waals surface area contributed by atoms with Crippen LogP contribution in [0.3, 0.4) is 0 Å². The molecule has 0 aliphatic rings. The first-order chi connectivity index (χ1) is 11.2. The second-order valence-corrected chi connectivity index (χ2v) is 5.62. The summed E-state index contributed by atoms with van der Waals surface area (Å²) in [5, 5.41) is 5.37. The summed E-state index contributed by atoms with van der Waals surface area (Å²) in [6.07, 6.45) is 4.23. The van der Waals surface area contributed by atoms with Gasteiger partial charge in [-0.2, -0.15) is 0 Å². The molecule has 0 saturated heterocycles. The van der Waals surface area contributed by atoms with Gasteiger partial charge in [0.1, 0.15) is 0 Å². The Kier molecular flexibility index (Phi) is 9.65. The molecule has 0 spiro atoms. The van der Waals surface area contributed by atoms with E-state index in [2.05, 4.69) is 29.0 Å². The zero-order valence-corrected chi connectivity index (χ0v) is 15.7. The third kappa shape index (κ3) is 6.36. The van der Waals surface area contributed by atoms with Crippen molar-refractivity contribution in [2.24, 2.45) is 0 Å². The fourth-order valence-corrected chi connectivity index (χ4v) is 2.67. The Morgan fingerprint density at radius 2 is 1.83 bits per heavy atom. The van der Waals surface area contributed by atoms with Gasteiger partial charge in [0.2, 0.25) is 0 Å². The lowest BCUT2D eigenvalue weighted by atomic mass is 10.2. The van der Waals surface area contributed by atoms with Gasteiger partial charge in [0.05, 0.1) is 5.52 Å². The average Bonchev–Trinajstić information content (AvgIpc) is 2.59. The van der Waals surface area contributed by atoms with Crippen LogP contribution in [0.25, 0.3) is 10.9 Å². The average molecular weight is 336 g/mol. The first-order valence-electron chi connectivity index (χ1n) is 8.75. The zero-order valence-electron chi connectivity index (χ0n) is 14.9. The summed E-state index contributed by atoms with van der Waals surface area (Å²) >= 11 is 6.01. The number of halogens is 1. The summed E-state index contributed by atoms with van der Waals surface area (Å²) in [6.45, 7) is 12.9. The van der Waals surface area contributed by atoms with E-state index in [1.165, 1.54) is 19.4 Å². The highest BCUT2D eigenvalue weighted by atomic mass is 35.5. The van der Waals surface area contributed by atoms with Crippen LogP contribution in [0.1, 0.15) is 40.5 Å². The third-order valence-electron chi connectivity index (χ3n) is 3.82. The first kappa shape index (κ1) is 19.7. The van der Waals surface area contributed by atoms with E-state index in [-0.39, 0.29) is 0 Å². The van der Waals surface area contributed by atoms with Crippen molar-refractivity contribution in [1.82, 2.24) is 9.88 Å².